The lowest BCUT2D eigenvalue weighted by molar-refractivity contribution is 0.179. The largest absolute Gasteiger partial charge is 0.383 e. The van der Waals surface area contributed by atoms with E-state index in [2.05, 4.69) is 23.8 Å². The summed E-state index contributed by atoms with van der Waals surface area (Å²) in [5.74, 6) is 0. The average molecular weight is 250 g/mol. The van der Waals surface area contributed by atoms with Gasteiger partial charge >= 0.3 is 0 Å². The molecule has 90 valence electrons. The van der Waals surface area contributed by atoms with Gasteiger partial charge in [-0.25, -0.2) is 0 Å². The van der Waals surface area contributed by atoms with Crippen molar-refractivity contribution in [3.8, 4) is 0 Å². The van der Waals surface area contributed by atoms with Crippen molar-refractivity contribution >= 4 is 29.1 Å². The quantitative estimate of drug-likeness (QED) is 0.671. The fourth-order valence-corrected chi connectivity index (χ4v) is 1.73. The molecule has 0 aromatic carbocycles. The Morgan fingerprint density at radius 2 is 2.13 bits per heavy atom. The predicted octanol–water partition coefficient (Wildman–Crippen LogP) is 1.63. The number of hydrogen-bond donors (Lipinski definition) is 2. The summed E-state index contributed by atoms with van der Waals surface area (Å²) < 4.78 is 5.01. The van der Waals surface area contributed by atoms with E-state index in [-0.39, 0.29) is 6.04 Å². The minimum atomic E-state index is 0.257. The highest BCUT2D eigenvalue weighted by Gasteiger charge is 2.03. The fourth-order valence-electron chi connectivity index (χ4n) is 1.07. The zero-order chi connectivity index (χ0) is 11.7. The molecule has 2 N–H and O–H groups in total. The smallest absolute Gasteiger partial charge is 0.166 e. The summed E-state index contributed by atoms with van der Waals surface area (Å²) in [6.07, 6.45) is 3.25. The van der Waals surface area contributed by atoms with Crippen LogP contribution in [0.5, 0.6) is 0 Å². The highest BCUT2D eigenvalue weighted by molar-refractivity contribution is 7.99. The summed E-state index contributed by atoms with van der Waals surface area (Å²) in [7, 11) is 1.69. The molecule has 0 aromatic rings. The molecule has 0 saturated carbocycles. The van der Waals surface area contributed by atoms with Crippen molar-refractivity contribution in [2.24, 2.45) is 0 Å². The molecule has 0 heterocycles. The van der Waals surface area contributed by atoms with Gasteiger partial charge in [-0.05, 0) is 31.8 Å². The minimum absolute atomic E-state index is 0.257. The van der Waals surface area contributed by atoms with Gasteiger partial charge in [-0.1, -0.05) is 6.92 Å². The monoisotopic (exact) mass is 250 g/mol. The van der Waals surface area contributed by atoms with Crippen molar-refractivity contribution in [3.63, 3.8) is 0 Å². The molecule has 3 nitrogen and oxygen atoms in total. The van der Waals surface area contributed by atoms with Crippen molar-refractivity contribution < 1.29 is 4.74 Å². The summed E-state index contributed by atoms with van der Waals surface area (Å²) in [4.78, 5) is 0. The Hall–Kier alpha value is 0. The molecule has 5 heteroatoms. The molecule has 2 unspecified atom stereocenters. The fraction of sp³-hybridized carbons (Fsp3) is 0.900. The Morgan fingerprint density at radius 1 is 1.47 bits per heavy atom. The van der Waals surface area contributed by atoms with E-state index in [0.717, 1.165) is 13.0 Å². The van der Waals surface area contributed by atoms with Crippen LogP contribution in [0.1, 0.15) is 20.3 Å². The van der Waals surface area contributed by atoms with Crippen molar-refractivity contribution in [3.05, 3.63) is 0 Å². The first-order chi connectivity index (χ1) is 7.10. The van der Waals surface area contributed by atoms with Crippen molar-refractivity contribution in [1.29, 1.82) is 0 Å². The zero-order valence-corrected chi connectivity index (χ0v) is 11.6. The van der Waals surface area contributed by atoms with E-state index in [9.17, 15) is 0 Å². The van der Waals surface area contributed by atoms with Crippen LogP contribution in [0.4, 0.5) is 0 Å². The van der Waals surface area contributed by atoms with Crippen LogP contribution < -0.4 is 10.6 Å². The highest BCUT2D eigenvalue weighted by atomic mass is 32.2. The van der Waals surface area contributed by atoms with E-state index < -0.39 is 0 Å². The molecule has 0 radical (unpaired) electrons. The first-order valence-electron chi connectivity index (χ1n) is 5.16. The molecule has 15 heavy (non-hydrogen) atoms. The lowest BCUT2D eigenvalue weighted by Gasteiger charge is -2.16. The van der Waals surface area contributed by atoms with Gasteiger partial charge in [-0.15, -0.1) is 0 Å². The van der Waals surface area contributed by atoms with Crippen LogP contribution in [0.3, 0.4) is 0 Å². The second-order valence-corrected chi connectivity index (χ2v) is 5.28. The Morgan fingerprint density at radius 3 is 2.67 bits per heavy atom. The van der Waals surface area contributed by atoms with Crippen LogP contribution in [0.15, 0.2) is 0 Å². The number of methoxy groups -OCH3 is 1. The van der Waals surface area contributed by atoms with Crippen LogP contribution in [-0.2, 0) is 4.74 Å². The van der Waals surface area contributed by atoms with Crippen LogP contribution in [0.25, 0.3) is 0 Å². The molecule has 0 bridgehead atoms. The van der Waals surface area contributed by atoms with Crippen LogP contribution in [0, 0.1) is 0 Å². The van der Waals surface area contributed by atoms with Crippen molar-refractivity contribution in [1.82, 2.24) is 10.6 Å². The summed E-state index contributed by atoms with van der Waals surface area (Å²) in [6.45, 7) is 5.86. The van der Waals surface area contributed by atoms with Gasteiger partial charge in [0.15, 0.2) is 5.11 Å². The summed E-state index contributed by atoms with van der Waals surface area (Å²) in [6, 6.07) is 0.257. The first kappa shape index (κ1) is 15.0. The number of thioether (sulfide) groups is 1. The standard InChI is InChI=1S/C10H22N2OS2/c1-8(7-13-3)12-10(14)11-6-5-9(2)15-4/h8-9H,5-7H2,1-4H3,(H2,11,12,14). The molecule has 0 aliphatic heterocycles. The maximum Gasteiger partial charge on any atom is 0.166 e. The van der Waals surface area contributed by atoms with Crippen molar-refractivity contribution in [2.45, 2.75) is 31.6 Å². The third-order valence-corrected chi connectivity index (χ3v) is 3.34. The first-order valence-corrected chi connectivity index (χ1v) is 6.85. The van der Waals surface area contributed by atoms with Gasteiger partial charge in [0.2, 0.25) is 0 Å². The lowest BCUT2D eigenvalue weighted by atomic mass is 10.3. The number of rotatable bonds is 7. The van der Waals surface area contributed by atoms with E-state index in [1.165, 1.54) is 0 Å². The Bertz CT molecular complexity index is 179. The molecule has 0 fully saturated rings. The van der Waals surface area contributed by atoms with E-state index in [1.807, 2.05) is 18.7 Å². The highest BCUT2D eigenvalue weighted by Crippen LogP contribution is 2.07. The lowest BCUT2D eigenvalue weighted by Crippen LogP contribution is -2.42. The van der Waals surface area contributed by atoms with E-state index in [1.54, 1.807) is 7.11 Å². The number of thiocarbonyl (C=S) groups is 1. The van der Waals surface area contributed by atoms with Gasteiger partial charge in [0.25, 0.3) is 0 Å². The Kier molecular flexibility index (Phi) is 9.24. The molecular weight excluding hydrogens is 228 g/mol. The minimum Gasteiger partial charge on any atom is -0.383 e. The van der Waals surface area contributed by atoms with Crippen LogP contribution >= 0.6 is 24.0 Å². The number of hydrogen-bond acceptors (Lipinski definition) is 3. The molecule has 2 atom stereocenters. The molecule has 0 amide bonds. The Labute approximate surface area is 103 Å². The van der Waals surface area contributed by atoms with E-state index in [0.29, 0.717) is 17.0 Å². The number of nitrogens with one attached hydrogen (secondary N) is 2. The van der Waals surface area contributed by atoms with Crippen LogP contribution in [0.2, 0.25) is 0 Å². The third kappa shape index (κ3) is 8.96. The predicted molar refractivity (Wildman–Crippen MR) is 72.7 cm³/mol. The molecule has 0 saturated heterocycles. The molecule has 0 aromatic heterocycles. The maximum absolute atomic E-state index is 5.15. The van der Waals surface area contributed by atoms with Crippen molar-refractivity contribution in [2.75, 3.05) is 26.5 Å². The van der Waals surface area contributed by atoms with Crippen LogP contribution in [-0.4, -0.2) is 42.9 Å². The van der Waals surface area contributed by atoms with Gasteiger partial charge in [-0.3, -0.25) is 0 Å². The molecule has 0 spiro atoms. The van der Waals surface area contributed by atoms with Gasteiger partial charge in [0, 0.05) is 24.9 Å². The zero-order valence-electron chi connectivity index (χ0n) is 10.0. The third-order valence-electron chi connectivity index (χ3n) is 2.03. The maximum atomic E-state index is 5.15. The average Bonchev–Trinajstić information content (AvgIpc) is 2.17. The van der Waals surface area contributed by atoms with E-state index in [4.69, 9.17) is 17.0 Å². The normalized spacial score (nSPS) is 14.4. The SMILES string of the molecule is COCC(C)NC(=S)NCCC(C)SC. The second kappa shape index (κ2) is 9.24. The van der Waals surface area contributed by atoms with Gasteiger partial charge in [0.1, 0.15) is 0 Å². The van der Waals surface area contributed by atoms with Gasteiger partial charge < -0.3 is 15.4 Å². The molecule has 0 aliphatic carbocycles. The summed E-state index contributed by atoms with van der Waals surface area (Å²) in [5, 5.41) is 7.74. The van der Waals surface area contributed by atoms with E-state index >= 15 is 0 Å². The molecule has 0 rings (SSSR count). The molecular formula is C10H22N2OS2. The Balaban J connectivity index is 3.48. The van der Waals surface area contributed by atoms with Gasteiger partial charge in [0.05, 0.1) is 6.61 Å². The summed E-state index contributed by atoms with van der Waals surface area (Å²) in [5.41, 5.74) is 0. The summed E-state index contributed by atoms with van der Waals surface area (Å²) >= 11 is 7.02. The topological polar surface area (TPSA) is 33.3 Å². The number of ether oxygens (including phenoxy) is 1. The second-order valence-electron chi connectivity index (χ2n) is 3.59. The molecule has 0 aliphatic rings. The van der Waals surface area contributed by atoms with Gasteiger partial charge in [-0.2, -0.15) is 11.8 Å².